The van der Waals surface area contributed by atoms with Crippen molar-refractivity contribution in [3.8, 4) is 0 Å². The van der Waals surface area contributed by atoms with Crippen molar-refractivity contribution in [2.24, 2.45) is 0 Å². The van der Waals surface area contributed by atoms with Gasteiger partial charge in [-0.15, -0.1) is 0 Å². The van der Waals surface area contributed by atoms with E-state index < -0.39 is 0 Å². The second-order valence-electron chi connectivity index (χ2n) is 7.48. The van der Waals surface area contributed by atoms with Gasteiger partial charge in [0.25, 0.3) is 5.69 Å². The Bertz CT molecular complexity index is 1110. The summed E-state index contributed by atoms with van der Waals surface area (Å²) in [4.78, 5) is 32.0. The number of amides is 1. The average Bonchev–Trinajstić information content (AvgIpc) is 2.79. The quantitative estimate of drug-likeness (QED) is 0.478. The Hall–Kier alpha value is -3.23. The van der Waals surface area contributed by atoms with Gasteiger partial charge in [0.05, 0.1) is 16.4 Å². The third kappa shape index (κ3) is 4.45. The number of aromatic nitrogens is 1. The lowest BCUT2D eigenvalue weighted by molar-refractivity contribution is -0.383. The van der Waals surface area contributed by atoms with Crippen molar-refractivity contribution in [2.75, 3.05) is 36.4 Å². The van der Waals surface area contributed by atoms with Crippen molar-refractivity contribution < 1.29 is 9.72 Å². The molecule has 31 heavy (non-hydrogen) atoms. The summed E-state index contributed by atoms with van der Waals surface area (Å²) >= 11 is 5.89. The van der Waals surface area contributed by atoms with Crippen LogP contribution in [0.15, 0.2) is 54.9 Å². The number of pyridine rings is 1. The summed E-state index contributed by atoms with van der Waals surface area (Å²) in [7, 11) is 0. The maximum Gasteiger partial charge on any atom is 0.278 e. The summed E-state index contributed by atoms with van der Waals surface area (Å²) in [5.74, 6) is -0.0670. The molecule has 1 unspecified atom stereocenters. The molecule has 1 fully saturated rings. The number of piperazine rings is 1. The van der Waals surface area contributed by atoms with Crippen LogP contribution in [-0.4, -0.2) is 52.9 Å². The van der Waals surface area contributed by atoms with Crippen molar-refractivity contribution >= 4 is 45.3 Å². The van der Waals surface area contributed by atoms with E-state index >= 15 is 0 Å². The number of carbonyl (C=O) groups excluding carboxylic acids is 1. The molecular weight excluding hydrogens is 418 g/mol. The van der Waals surface area contributed by atoms with Crippen LogP contribution < -0.4 is 10.2 Å². The van der Waals surface area contributed by atoms with Gasteiger partial charge in [-0.25, -0.2) is 0 Å². The van der Waals surface area contributed by atoms with Crippen LogP contribution in [0.1, 0.15) is 6.92 Å². The molecule has 0 spiro atoms. The van der Waals surface area contributed by atoms with Crippen molar-refractivity contribution in [1.82, 2.24) is 9.88 Å². The zero-order valence-corrected chi connectivity index (χ0v) is 17.7. The molecular formula is C22H22ClN5O3. The largest absolute Gasteiger partial charge is 0.368 e. The highest BCUT2D eigenvalue weighted by Gasteiger charge is 2.27. The molecule has 9 heteroatoms. The highest BCUT2D eigenvalue weighted by Crippen LogP contribution is 2.33. The molecule has 1 aliphatic heterocycles. The van der Waals surface area contributed by atoms with E-state index in [4.69, 9.17) is 11.6 Å². The average molecular weight is 440 g/mol. The lowest BCUT2D eigenvalue weighted by atomic mass is 10.1. The molecule has 0 bridgehead atoms. The minimum atomic E-state index is -0.382. The van der Waals surface area contributed by atoms with E-state index in [1.54, 1.807) is 36.5 Å². The van der Waals surface area contributed by atoms with Gasteiger partial charge in [-0.05, 0) is 43.3 Å². The second kappa shape index (κ2) is 8.87. The number of benzene rings is 2. The number of non-ortho nitro benzene ring substituents is 1. The maximum atomic E-state index is 12.7. The fraction of sp³-hybridized carbons (Fsp3) is 0.273. The zero-order valence-electron chi connectivity index (χ0n) is 17.0. The van der Waals surface area contributed by atoms with Gasteiger partial charge in [0.2, 0.25) is 5.91 Å². The highest BCUT2D eigenvalue weighted by atomic mass is 35.5. The molecule has 3 aromatic rings. The summed E-state index contributed by atoms with van der Waals surface area (Å²) in [6.07, 6.45) is 3.19. The molecule has 160 valence electrons. The summed E-state index contributed by atoms with van der Waals surface area (Å²) in [6.45, 7) is 4.74. The first kappa shape index (κ1) is 21.0. The maximum absolute atomic E-state index is 12.7. The van der Waals surface area contributed by atoms with Crippen LogP contribution in [0, 0.1) is 10.1 Å². The smallest absolute Gasteiger partial charge is 0.278 e. The lowest BCUT2D eigenvalue weighted by Crippen LogP contribution is -2.52. The van der Waals surface area contributed by atoms with Gasteiger partial charge in [0.15, 0.2) is 0 Å². The van der Waals surface area contributed by atoms with Gasteiger partial charge in [-0.2, -0.15) is 0 Å². The molecule has 2 aromatic carbocycles. The Morgan fingerprint density at radius 1 is 1.10 bits per heavy atom. The third-order valence-electron chi connectivity index (χ3n) is 5.66. The molecule has 0 aliphatic carbocycles. The van der Waals surface area contributed by atoms with Gasteiger partial charge in [-0.3, -0.25) is 24.8 Å². The van der Waals surface area contributed by atoms with Crippen LogP contribution in [0.5, 0.6) is 0 Å². The second-order valence-corrected chi connectivity index (χ2v) is 7.91. The normalized spacial score (nSPS) is 15.6. The van der Waals surface area contributed by atoms with Crippen molar-refractivity contribution in [3.05, 3.63) is 70.0 Å². The molecule has 1 amide bonds. The van der Waals surface area contributed by atoms with Crippen LogP contribution in [0.4, 0.5) is 17.1 Å². The number of hydrogen-bond acceptors (Lipinski definition) is 6. The Balaban J connectivity index is 1.44. The number of nitro benzene ring substituents is 1. The summed E-state index contributed by atoms with van der Waals surface area (Å²) < 4.78 is 0. The van der Waals surface area contributed by atoms with Crippen molar-refractivity contribution in [3.63, 3.8) is 0 Å². The Kier molecular flexibility index (Phi) is 6.01. The molecule has 1 saturated heterocycles. The van der Waals surface area contributed by atoms with Crippen LogP contribution >= 0.6 is 11.6 Å². The van der Waals surface area contributed by atoms with E-state index in [0.717, 1.165) is 11.1 Å². The first-order valence-corrected chi connectivity index (χ1v) is 10.4. The van der Waals surface area contributed by atoms with E-state index in [-0.39, 0.29) is 22.6 Å². The lowest BCUT2D eigenvalue weighted by Gasteiger charge is -2.38. The predicted octanol–water partition coefficient (Wildman–Crippen LogP) is 3.95. The van der Waals surface area contributed by atoms with E-state index in [1.165, 1.54) is 12.3 Å². The van der Waals surface area contributed by atoms with Gasteiger partial charge in [0.1, 0.15) is 0 Å². The topological polar surface area (TPSA) is 91.6 Å². The number of halogens is 1. The number of rotatable bonds is 5. The van der Waals surface area contributed by atoms with E-state index in [1.807, 2.05) is 13.0 Å². The Morgan fingerprint density at radius 3 is 2.48 bits per heavy atom. The zero-order chi connectivity index (χ0) is 22.0. The van der Waals surface area contributed by atoms with Gasteiger partial charge >= 0.3 is 0 Å². The SMILES string of the molecule is CC(C(=O)Nc1ccc(Cl)cc1)N1CCN(c2ccc([N+](=O)[O-])c3cnccc23)CC1. The Morgan fingerprint density at radius 2 is 1.81 bits per heavy atom. The first-order chi connectivity index (χ1) is 14.9. The van der Waals surface area contributed by atoms with Crippen LogP contribution in [0.3, 0.4) is 0 Å². The monoisotopic (exact) mass is 439 g/mol. The van der Waals surface area contributed by atoms with Crippen LogP contribution in [0.25, 0.3) is 10.8 Å². The minimum Gasteiger partial charge on any atom is -0.368 e. The third-order valence-corrected chi connectivity index (χ3v) is 5.91. The number of nitrogens with one attached hydrogen (secondary N) is 1. The van der Waals surface area contributed by atoms with Crippen LogP contribution in [-0.2, 0) is 4.79 Å². The number of fused-ring (bicyclic) bond motifs is 1. The minimum absolute atomic E-state index is 0.0537. The molecule has 1 aromatic heterocycles. The van der Waals surface area contributed by atoms with E-state index in [0.29, 0.717) is 42.3 Å². The summed E-state index contributed by atoms with van der Waals surface area (Å²) in [5, 5.41) is 16.2. The van der Waals surface area contributed by atoms with Gasteiger partial charge in [0, 0.05) is 66.4 Å². The highest BCUT2D eigenvalue weighted by molar-refractivity contribution is 6.30. The van der Waals surface area contributed by atoms with E-state index in [9.17, 15) is 14.9 Å². The number of anilines is 2. The van der Waals surface area contributed by atoms with Crippen molar-refractivity contribution in [2.45, 2.75) is 13.0 Å². The number of carbonyl (C=O) groups is 1. The molecule has 1 atom stereocenters. The number of hydrogen-bond donors (Lipinski definition) is 1. The van der Waals surface area contributed by atoms with Crippen LogP contribution in [0.2, 0.25) is 5.02 Å². The molecule has 1 aliphatic rings. The van der Waals surface area contributed by atoms with E-state index in [2.05, 4.69) is 20.1 Å². The molecule has 0 radical (unpaired) electrons. The van der Waals surface area contributed by atoms with Gasteiger partial charge < -0.3 is 10.2 Å². The predicted molar refractivity (Wildman–Crippen MR) is 122 cm³/mol. The fourth-order valence-corrected chi connectivity index (χ4v) is 4.02. The van der Waals surface area contributed by atoms with Crippen molar-refractivity contribution in [1.29, 1.82) is 0 Å². The summed E-state index contributed by atoms with van der Waals surface area (Å²) in [6, 6.07) is 11.9. The standard InChI is InChI=1S/C22H22ClN5O3/c1-15(22(29)25-17-4-2-16(23)3-5-17)26-10-12-27(13-11-26)20-6-7-21(28(30)31)19-14-24-9-8-18(19)20/h2-9,14-15H,10-13H2,1H3,(H,25,29). The molecule has 1 N–H and O–H groups in total. The van der Waals surface area contributed by atoms with Gasteiger partial charge in [-0.1, -0.05) is 11.6 Å². The molecule has 4 rings (SSSR count). The number of nitro groups is 1. The molecule has 0 saturated carbocycles. The first-order valence-electron chi connectivity index (χ1n) is 10.0. The molecule has 2 heterocycles. The fourth-order valence-electron chi connectivity index (χ4n) is 3.89. The number of nitrogens with zero attached hydrogens (tertiary/aromatic N) is 4. The Labute approximate surface area is 184 Å². The molecule has 8 nitrogen and oxygen atoms in total. The summed E-state index contributed by atoms with van der Waals surface area (Å²) in [5.41, 5.74) is 1.71.